The maximum Gasteiger partial charge on any atom is 0.216 e. The summed E-state index contributed by atoms with van der Waals surface area (Å²) in [6.07, 6.45) is 2.32. The molecule has 0 spiro atoms. The number of rotatable bonds is 7. The molecule has 3 rings (SSSR count). The second-order valence-electron chi connectivity index (χ2n) is 5.44. The van der Waals surface area contributed by atoms with Crippen molar-refractivity contribution in [1.82, 2.24) is 25.8 Å². The quantitative estimate of drug-likeness (QED) is 0.283. The summed E-state index contributed by atoms with van der Waals surface area (Å²) in [5, 5.41) is 13.7. The molecule has 2 aromatic heterocycles. The fraction of sp³-hybridized carbons (Fsp3) is 0.278. The minimum absolute atomic E-state index is 0. The van der Waals surface area contributed by atoms with Crippen molar-refractivity contribution in [3.05, 3.63) is 60.1 Å². The van der Waals surface area contributed by atoms with Crippen LogP contribution in [0.4, 0.5) is 0 Å². The number of guanidine groups is 1. The van der Waals surface area contributed by atoms with Crippen LogP contribution < -0.4 is 10.6 Å². The van der Waals surface area contributed by atoms with Gasteiger partial charge in [-0.15, -0.1) is 24.0 Å². The number of aromatic nitrogens is 3. The summed E-state index contributed by atoms with van der Waals surface area (Å²) in [6.45, 7) is 4.20. The summed E-state index contributed by atoms with van der Waals surface area (Å²) >= 11 is 0. The molecule has 0 amide bonds. The van der Waals surface area contributed by atoms with Crippen LogP contribution in [0.3, 0.4) is 0 Å². The zero-order valence-electron chi connectivity index (χ0n) is 14.6. The number of hydrogen-bond donors (Lipinski definition) is 3. The van der Waals surface area contributed by atoms with Crippen LogP contribution in [0.2, 0.25) is 0 Å². The first-order valence-electron chi connectivity index (χ1n) is 8.36. The van der Waals surface area contributed by atoms with Crippen molar-refractivity contribution in [2.75, 3.05) is 13.1 Å². The van der Waals surface area contributed by atoms with Gasteiger partial charge in [-0.25, -0.2) is 9.98 Å². The van der Waals surface area contributed by atoms with E-state index < -0.39 is 0 Å². The van der Waals surface area contributed by atoms with E-state index in [4.69, 9.17) is 4.42 Å². The molecule has 0 aliphatic heterocycles. The first kappa shape index (κ1) is 20.0. The predicted octanol–water partition coefficient (Wildman–Crippen LogP) is 2.98. The highest BCUT2D eigenvalue weighted by Gasteiger charge is 2.08. The van der Waals surface area contributed by atoms with Gasteiger partial charge in [-0.2, -0.15) is 5.10 Å². The first-order valence-corrected chi connectivity index (χ1v) is 8.36. The van der Waals surface area contributed by atoms with Crippen LogP contribution in [0.1, 0.15) is 18.3 Å². The van der Waals surface area contributed by atoms with Gasteiger partial charge in [-0.05, 0) is 24.6 Å². The van der Waals surface area contributed by atoms with E-state index in [1.165, 1.54) is 5.56 Å². The van der Waals surface area contributed by atoms with E-state index in [-0.39, 0.29) is 24.0 Å². The highest BCUT2D eigenvalue weighted by atomic mass is 127. The van der Waals surface area contributed by atoms with Crippen molar-refractivity contribution < 1.29 is 4.42 Å². The molecule has 0 aliphatic rings. The van der Waals surface area contributed by atoms with Crippen molar-refractivity contribution in [3.8, 4) is 11.6 Å². The molecule has 0 aliphatic carbocycles. The Balaban J connectivity index is 0.00000243. The highest BCUT2D eigenvalue weighted by Crippen LogP contribution is 2.14. The van der Waals surface area contributed by atoms with Crippen LogP contribution in [0.15, 0.2) is 58.1 Å². The Morgan fingerprint density at radius 1 is 1.15 bits per heavy atom. The molecule has 1 aromatic carbocycles. The lowest BCUT2D eigenvalue weighted by Crippen LogP contribution is -2.38. The largest absolute Gasteiger partial charge is 0.461 e. The van der Waals surface area contributed by atoms with Crippen molar-refractivity contribution in [3.63, 3.8) is 0 Å². The number of H-pyrrole nitrogens is 1. The smallest absolute Gasteiger partial charge is 0.216 e. The Labute approximate surface area is 169 Å². The van der Waals surface area contributed by atoms with Gasteiger partial charge in [0.25, 0.3) is 0 Å². The monoisotopic (exact) mass is 466 g/mol. The van der Waals surface area contributed by atoms with Gasteiger partial charge < -0.3 is 15.1 Å². The van der Waals surface area contributed by atoms with Crippen LogP contribution >= 0.6 is 24.0 Å². The maximum absolute atomic E-state index is 5.29. The number of aliphatic imine (C=N–C) groups is 1. The normalized spacial score (nSPS) is 11.0. The number of nitrogens with zero attached hydrogens (tertiary/aromatic N) is 3. The molecule has 2 heterocycles. The molecule has 0 unspecified atom stereocenters. The zero-order chi connectivity index (χ0) is 17.3. The van der Waals surface area contributed by atoms with E-state index in [1.807, 2.05) is 37.3 Å². The molecular formula is C18H23IN6O. The van der Waals surface area contributed by atoms with E-state index >= 15 is 0 Å². The molecule has 8 heteroatoms. The Morgan fingerprint density at radius 2 is 2.00 bits per heavy atom. The lowest BCUT2D eigenvalue weighted by atomic mass is 10.2. The average molecular weight is 466 g/mol. The Morgan fingerprint density at radius 3 is 2.73 bits per heavy atom. The number of furan rings is 1. The van der Waals surface area contributed by atoms with E-state index in [1.54, 1.807) is 6.26 Å². The summed E-state index contributed by atoms with van der Waals surface area (Å²) in [7, 11) is 0. The van der Waals surface area contributed by atoms with E-state index in [0.717, 1.165) is 18.3 Å². The molecule has 0 radical (unpaired) electrons. The van der Waals surface area contributed by atoms with Crippen molar-refractivity contribution >= 4 is 29.9 Å². The fourth-order valence-electron chi connectivity index (χ4n) is 2.32. The molecule has 0 saturated heterocycles. The van der Waals surface area contributed by atoms with Crippen molar-refractivity contribution in [2.45, 2.75) is 19.9 Å². The van der Waals surface area contributed by atoms with Crippen molar-refractivity contribution in [2.24, 2.45) is 4.99 Å². The average Bonchev–Trinajstić information content (AvgIpc) is 3.32. The molecule has 26 heavy (non-hydrogen) atoms. The van der Waals surface area contributed by atoms with Crippen LogP contribution in [0, 0.1) is 0 Å². The Hall–Kier alpha value is -2.36. The second kappa shape index (κ2) is 10.6. The standard InChI is InChI=1S/C18H22N6O.HI/c1-2-19-18(21-13-14-7-4-3-5-8-14)20-11-10-16-22-17(24-23-16)15-9-6-12-25-15;/h3-9,12H,2,10-11,13H2,1H3,(H2,19,20,21)(H,22,23,24);1H. The van der Waals surface area contributed by atoms with Gasteiger partial charge in [0.1, 0.15) is 5.82 Å². The summed E-state index contributed by atoms with van der Waals surface area (Å²) in [4.78, 5) is 9.02. The Kier molecular flexibility index (Phi) is 8.13. The van der Waals surface area contributed by atoms with Crippen LogP contribution in [-0.2, 0) is 13.0 Å². The fourth-order valence-corrected chi connectivity index (χ4v) is 2.32. The summed E-state index contributed by atoms with van der Waals surface area (Å²) in [6, 6.07) is 13.8. The van der Waals surface area contributed by atoms with Crippen LogP contribution in [0.25, 0.3) is 11.6 Å². The van der Waals surface area contributed by atoms with Gasteiger partial charge in [-0.3, -0.25) is 5.10 Å². The first-order chi connectivity index (χ1) is 12.3. The number of aromatic amines is 1. The topological polar surface area (TPSA) is 91.1 Å². The van der Waals surface area contributed by atoms with Gasteiger partial charge in [0, 0.05) is 19.5 Å². The number of nitrogens with one attached hydrogen (secondary N) is 3. The molecule has 0 saturated carbocycles. The maximum atomic E-state index is 5.29. The predicted molar refractivity (Wildman–Crippen MR) is 112 cm³/mol. The second-order valence-corrected chi connectivity index (χ2v) is 5.44. The molecule has 138 valence electrons. The van der Waals surface area contributed by atoms with Gasteiger partial charge in [0.15, 0.2) is 11.7 Å². The molecule has 7 nitrogen and oxygen atoms in total. The van der Waals surface area contributed by atoms with E-state index in [9.17, 15) is 0 Å². The van der Waals surface area contributed by atoms with Gasteiger partial charge in [0.05, 0.1) is 12.8 Å². The summed E-state index contributed by atoms with van der Waals surface area (Å²) in [5.74, 6) is 2.83. The highest BCUT2D eigenvalue weighted by molar-refractivity contribution is 14.0. The van der Waals surface area contributed by atoms with Crippen molar-refractivity contribution in [1.29, 1.82) is 0 Å². The van der Waals surface area contributed by atoms with E-state index in [0.29, 0.717) is 31.1 Å². The third-order valence-electron chi connectivity index (χ3n) is 3.53. The lowest BCUT2D eigenvalue weighted by molar-refractivity contribution is 0.577. The minimum atomic E-state index is 0. The molecule has 3 N–H and O–H groups in total. The molecule has 3 aromatic rings. The van der Waals surface area contributed by atoms with E-state index in [2.05, 4.69) is 42.9 Å². The zero-order valence-corrected chi connectivity index (χ0v) is 16.9. The third kappa shape index (κ3) is 5.87. The third-order valence-corrected chi connectivity index (χ3v) is 3.53. The summed E-state index contributed by atoms with van der Waals surface area (Å²) in [5.41, 5.74) is 1.18. The molecular weight excluding hydrogens is 443 g/mol. The van der Waals surface area contributed by atoms with Crippen LogP contribution in [-0.4, -0.2) is 34.2 Å². The summed E-state index contributed by atoms with van der Waals surface area (Å²) < 4.78 is 5.29. The number of halogens is 1. The molecule has 0 atom stereocenters. The Bertz CT molecular complexity index is 785. The number of hydrogen-bond acceptors (Lipinski definition) is 4. The van der Waals surface area contributed by atoms with Gasteiger partial charge in [0.2, 0.25) is 5.82 Å². The number of benzene rings is 1. The minimum Gasteiger partial charge on any atom is -0.461 e. The van der Waals surface area contributed by atoms with Gasteiger partial charge >= 0.3 is 0 Å². The van der Waals surface area contributed by atoms with Gasteiger partial charge in [-0.1, -0.05) is 30.3 Å². The van der Waals surface area contributed by atoms with Crippen LogP contribution in [0.5, 0.6) is 0 Å². The molecule has 0 fully saturated rings. The molecule has 0 bridgehead atoms. The SMILES string of the molecule is CCNC(=NCc1ccccc1)NCCc1nc(-c2ccco2)n[nH]1.I. The lowest BCUT2D eigenvalue weighted by Gasteiger charge is -2.10.